The molecule has 0 aliphatic rings. The Morgan fingerprint density at radius 1 is 0.649 bits per heavy atom. The number of rotatable bonds is 10. The molecule has 1 amide bonds. The summed E-state index contributed by atoms with van der Waals surface area (Å²) in [4.78, 5) is 25.6. The molecule has 0 heterocycles. The fraction of sp³-hybridized carbons (Fsp3) is 0.0968. The number of carbonyl (C=O) groups is 2. The van der Waals surface area contributed by atoms with Gasteiger partial charge in [0.1, 0.15) is 0 Å². The molecule has 0 bridgehead atoms. The summed E-state index contributed by atoms with van der Waals surface area (Å²) in [5, 5.41) is 2.77. The fourth-order valence-electron chi connectivity index (χ4n) is 4.31. The van der Waals surface area contributed by atoms with Crippen molar-refractivity contribution in [2.75, 3.05) is 5.32 Å². The maximum atomic E-state index is 13.2. The Hall–Kier alpha value is -3.16. The predicted octanol–water partition coefficient (Wildman–Crippen LogP) is 6.78. The van der Waals surface area contributed by atoms with E-state index in [0.29, 0.717) is 5.69 Å². The second-order valence-electron chi connectivity index (χ2n) is 8.92. The Labute approximate surface area is 230 Å². The van der Waals surface area contributed by atoms with Crippen LogP contribution < -0.4 is 5.32 Å². The molecule has 0 aliphatic carbocycles. The van der Waals surface area contributed by atoms with Gasteiger partial charge in [-0.2, -0.15) is 0 Å². The van der Waals surface area contributed by atoms with Crippen LogP contribution in [0.25, 0.3) is 0 Å². The van der Waals surface area contributed by atoms with Crippen molar-refractivity contribution in [1.29, 1.82) is 0 Å². The number of amides is 1. The number of hydrogen-bond acceptors (Lipinski definition) is 3. The molecule has 4 aromatic rings. The summed E-state index contributed by atoms with van der Waals surface area (Å²) in [6.45, 7) is 0. The van der Waals surface area contributed by atoms with Gasteiger partial charge in [0.25, 0.3) is 0 Å². The van der Waals surface area contributed by atoms with Gasteiger partial charge in [0.05, 0.1) is 0 Å². The van der Waals surface area contributed by atoms with E-state index < -0.39 is 24.8 Å². The Bertz CT molecular complexity index is 1230. The van der Waals surface area contributed by atoms with Crippen LogP contribution in [0.15, 0.2) is 132 Å². The van der Waals surface area contributed by atoms with E-state index in [1.54, 1.807) is 12.1 Å². The van der Waals surface area contributed by atoms with Crippen LogP contribution in [0.1, 0.15) is 16.7 Å². The first-order chi connectivity index (χ1) is 18.0. The van der Waals surface area contributed by atoms with Gasteiger partial charge >= 0.3 is 232 Å². The molecule has 4 nitrogen and oxygen atoms in total. The molecule has 6 heteroatoms. The zero-order valence-electron chi connectivity index (χ0n) is 20.3. The summed E-state index contributed by atoms with van der Waals surface area (Å²) >= 11 is -0.375. The zero-order valence-corrected chi connectivity index (χ0v) is 24.8. The predicted molar refractivity (Wildman–Crippen MR) is 154 cm³/mol. The van der Waals surface area contributed by atoms with Crippen molar-refractivity contribution < 1.29 is 12.7 Å². The van der Waals surface area contributed by atoms with Gasteiger partial charge in [-0.05, 0) is 0 Å². The molecule has 0 saturated carbocycles. The van der Waals surface area contributed by atoms with Crippen LogP contribution in [0.3, 0.4) is 0 Å². The molecular formula is C31H28BrNO3Sn. The molecule has 0 unspecified atom stereocenters. The van der Waals surface area contributed by atoms with E-state index >= 15 is 0 Å². The first-order valence-electron chi connectivity index (χ1n) is 12.1. The molecule has 186 valence electrons. The Morgan fingerprint density at radius 3 is 1.51 bits per heavy atom. The SMILES string of the molecule is O=C(/C=C/C(=O)[O][Sn]([CH2]c1ccccc1)([CH2]c1ccccc1)[CH2]c1ccccc1)Nc1ccc(Br)cc1. The standard InChI is InChI=1S/C10H8BrNO3.3C7H7.Sn/c11-7-1-3-8(4-2-7)12-9(13)5-6-10(14)15;3*1-7-5-3-2-4-6-7;/h1-6H,(H,12,13)(H,14,15);3*2-6H,1H2;/q;;;;+1/p-1/b6-5+;;;;. The molecule has 0 radical (unpaired) electrons. The van der Waals surface area contributed by atoms with E-state index in [1.807, 2.05) is 66.7 Å². The van der Waals surface area contributed by atoms with Crippen molar-refractivity contribution in [2.24, 2.45) is 0 Å². The van der Waals surface area contributed by atoms with Crippen molar-refractivity contribution in [1.82, 2.24) is 0 Å². The van der Waals surface area contributed by atoms with E-state index in [2.05, 4.69) is 57.6 Å². The molecule has 0 atom stereocenters. The third-order valence-electron chi connectivity index (χ3n) is 5.91. The summed E-state index contributed by atoms with van der Waals surface area (Å²) < 4.78 is 9.60. The minimum absolute atomic E-state index is 0.380. The second kappa shape index (κ2) is 13.4. The van der Waals surface area contributed by atoms with E-state index in [-0.39, 0.29) is 5.91 Å². The quantitative estimate of drug-likeness (QED) is 0.151. The summed E-state index contributed by atoms with van der Waals surface area (Å²) in [6.07, 6.45) is 2.50. The molecule has 0 fully saturated rings. The monoisotopic (exact) mass is 661 g/mol. The minimum atomic E-state index is -3.75. The first kappa shape index (κ1) is 26.9. The molecule has 4 aromatic carbocycles. The average Bonchev–Trinajstić information content (AvgIpc) is 2.90. The number of halogens is 1. The normalized spacial score (nSPS) is 11.3. The summed E-state index contributed by atoms with van der Waals surface area (Å²) in [5.41, 5.74) is 4.14. The van der Waals surface area contributed by atoms with Gasteiger partial charge in [-0.3, -0.25) is 0 Å². The molecular weight excluding hydrogens is 633 g/mol. The molecule has 0 saturated heterocycles. The Morgan fingerprint density at radius 2 is 1.08 bits per heavy atom. The van der Waals surface area contributed by atoms with Crippen molar-refractivity contribution in [3.05, 3.63) is 149 Å². The maximum absolute atomic E-state index is 13.2. The number of benzene rings is 4. The van der Waals surface area contributed by atoms with Crippen LogP contribution >= 0.6 is 15.9 Å². The van der Waals surface area contributed by atoms with Crippen molar-refractivity contribution >= 4 is 52.3 Å². The fourth-order valence-corrected chi connectivity index (χ4v) is 16.1. The molecule has 37 heavy (non-hydrogen) atoms. The van der Waals surface area contributed by atoms with Crippen molar-refractivity contribution in [3.8, 4) is 0 Å². The average molecular weight is 661 g/mol. The van der Waals surface area contributed by atoms with Crippen LogP contribution in [-0.2, 0) is 26.0 Å². The van der Waals surface area contributed by atoms with E-state index in [1.165, 1.54) is 12.2 Å². The van der Waals surface area contributed by atoms with Crippen molar-refractivity contribution in [2.45, 2.75) is 13.3 Å². The summed E-state index contributed by atoms with van der Waals surface area (Å²) in [5.74, 6) is -0.848. The molecule has 0 aliphatic heterocycles. The molecule has 1 N–H and O–H groups in total. The van der Waals surface area contributed by atoms with E-state index in [4.69, 9.17) is 3.07 Å². The molecule has 0 aromatic heterocycles. The van der Waals surface area contributed by atoms with Crippen LogP contribution in [0.4, 0.5) is 5.69 Å². The summed E-state index contributed by atoms with van der Waals surface area (Å²) in [6, 6.07) is 37.9. The zero-order chi connectivity index (χ0) is 25.9. The third kappa shape index (κ3) is 8.72. The molecule has 4 rings (SSSR count). The molecule has 0 spiro atoms. The number of nitrogens with one attached hydrogen (secondary N) is 1. The van der Waals surface area contributed by atoms with Gasteiger partial charge < -0.3 is 0 Å². The Balaban J connectivity index is 1.59. The summed E-state index contributed by atoms with van der Waals surface area (Å²) in [7, 11) is 0. The van der Waals surface area contributed by atoms with Crippen LogP contribution in [0.5, 0.6) is 0 Å². The van der Waals surface area contributed by atoms with Crippen LogP contribution in [-0.4, -0.2) is 30.7 Å². The number of carbonyl (C=O) groups excluding carboxylic acids is 2. The van der Waals surface area contributed by atoms with Gasteiger partial charge in [-0.1, -0.05) is 0 Å². The van der Waals surface area contributed by atoms with Crippen LogP contribution in [0.2, 0.25) is 0 Å². The van der Waals surface area contributed by atoms with Gasteiger partial charge in [0, 0.05) is 0 Å². The topological polar surface area (TPSA) is 55.4 Å². The van der Waals surface area contributed by atoms with Crippen LogP contribution in [0, 0.1) is 0 Å². The van der Waals surface area contributed by atoms with Gasteiger partial charge in [0.15, 0.2) is 0 Å². The second-order valence-corrected chi connectivity index (χ2v) is 20.2. The Kier molecular flexibility index (Phi) is 9.74. The van der Waals surface area contributed by atoms with E-state index in [0.717, 1.165) is 34.5 Å². The van der Waals surface area contributed by atoms with Gasteiger partial charge in [-0.15, -0.1) is 0 Å². The van der Waals surface area contributed by atoms with Gasteiger partial charge in [0.2, 0.25) is 0 Å². The number of hydrogen-bond donors (Lipinski definition) is 1. The van der Waals surface area contributed by atoms with Gasteiger partial charge in [-0.25, -0.2) is 0 Å². The number of anilines is 1. The van der Waals surface area contributed by atoms with E-state index in [9.17, 15) is 9.59 Å². The first-order valence-corrected chi connectivity index (χ1v) is 20.1. The van der Waals surface area contributed by atoms with Crippen molar-refractivity contribution in [3.63, 3.8) is 0 Å². The third-order valence-corrected chi connectivity index (χ3v) is 17.3.